The van der Waals surface area contributed by atoms with Gasteiger partial charge in [0.2, 0.25) is 0 Å². The lowest BCUT2D eigenvalue weighted by Gasteiger charge is -2.09. The maximum atomic E-state index is 12.3. The lowest BCUT2D eigenvalue weighted by Crippen LogP contribution is -2.22. The van der Waals surface area contributed by atoms with Crippen LogP contribution in [0.4, 0.5) is 5.69 Å². The van der Waals surface area contributed by atoms with E-state index in [1.807, 2.05) is 43.7 Å². The van der Waals surface area contributed by atoms with Crippen LogP contribution in [0.3, 0.4) is 0 Å². The molecule has 4 rings (SSSR count). The van der Waals surface area contributed by atoms with Gasteiger partial charge < -0.3 is 5.32 Å². The van der Waals surface area contributed by atoms with Crippen molar-refractivity contribution in [2.75, 3.05) is 0 Å². The normalized spacial score (nSPS) is 10.8. The van der Waals surface area contributed by atoms with Crippen molar-refractivity contribution in [1.82, 2.24) is 20.1 Å². The van der Waals surface area contributed by atoms with Crippen LogP contribution in [0.15, 0.2) is 48.0 Å². The van der Waals surface area contributed by atoms with E-state index >= 15 is 0 Å². The van der Waals surface area contributed by atoms with Crippen LogP contribution in [0, 0.1) is 34.3 Å². The van der Waals surface area contributed by atoms with E-state index in [9.17, 15) is 4.79 Å². The van der Waals surface area contributed by atoms with Gasteiger partial charge in [0, 0.05) is 24.2 Å². The Morgan fingerprint density at radius 3 is 2.42 bits per heavy atom. The summed E-state index contributed by atoms with van der Waals surface area (Å²) in [6, 6.07) is 14.1. The minimum Gasteiger partial charge on any atom is -0.347 e. The molecule has 166 valence electrons. The highest BCUT2D eigenvalue weighted by Crippen LogP contribution is 2.25. The van der Waals surface area contributed by atoms with Crippen molar-refractivity contribution in [3.63, 3.8) is 0 Å². The zero-order valence-corrected chi connectivity index (χ0v) is 20.0. The van der Waals surface area contributed by atoms with Crippen LogP contribution in [0.2, 0.25) is 0 Å². The number of nitrogens with zero attached hydrogens (tertiary/aromatic N) is 4. The van der Waals surface area contributed by atoms with Gasteiger partial charge in [-0.25, -0.2) is 14.5 Å². The number of carbonyl (C=O) groups is 1. The standard InChI is InChI=1S/C26H25N5OS/c1-16-12-22(10-11-24(16)27-5)31-19(4)23(17(2)30-31)13-20-6-8-21(9-7-20)14-28-26(32)25-18(3)29-15-33-25/h6-12,15H,13-14H2,1-4H3,(H,28,32). The lowest BCUT2D eigenvalue weighted by atomic mass is 10.0. The third-order valence-corrected chi connectivity index (χ3v) is 6.72. The van der Waals surface area contributed by atoms with E-state index in [0.717, 1.165) is 40.3 Å². The van der Waals surface area contributed by atoms with Gasteiger partial charge in [-0.1, -0.05) is 30.3 Å². The van der Waals surface area contributed by atoms with Crippen LogP contribution in [0.5, 0.6) is 0 Å². The summed E-state index contributed by atoms with van der Waals surface area (Å²) in [5, 5.41) is 7.72. The first-order valence-corrected chi connectivity index (χ1v) is 11.5. The molecule has 0 spiro atoms. The van der Waals surface area contributed by atoms with Gasteiger partial charge in [-0.05, 0) is 56.5 Å². The smallest absolute Gasteiger partial charge is 0.263 e. The number of benzene rings is 2. The predicted molar refractivity (Wildman–Crippen MR) is 131 cm³/mol. The number of hydrogen-bond donors (Lipinski definition) is 1. The van der Waals surface area contributed by atoms with Gasteiger partial charge >= 0.3 is 0 Å². The molecule has 0 saturated heterocycles. The zero-order valence-electron chi connectivity index (χ0n) is 19.1. The van der Waals surface area contributed by atoms with Crippen molar-refractivity contribution in [2.45, 2.75) is 40.7 Å². The number of aromatic nitrogens is 3. The molecular weight excluding hydrogens is 430 g/mol. The third-order valence-electron chi connectivity index (χ3n) is 5.80. The van der Waals surface area contributed by atoms with E-state index in [2.05, 4.69) is 46.3 Å². The average Bonchev–Trinajstić information content (AvgIpc) is 3.36. The first-order chi connectivity index (χ1) is 15.9. The molecule has 2 aromatic heterocycles. The Bertz CT molecular complexity index is 1360. The molecule has 1 N–H and O–H groups in total. The van der Waals surface area contributed by atoms with E-state index in [1.54, 1.807) is 5.51 Å². The van der Waals surface area contributed by atoms with E-state index in [1.165, 1.54) is 22.5 Å². The molecule has 0 aliphatic heterocycles. The number of aryl methyl sites for hydroxylation is 3. The highest BCUT2D eigenvalue weighted by atomic mass is 32.1. The van der Waals surface area contributed by atoms with Crippen molar-refractivity contribution < 1.29 is 4.79 Å². The molecule has 6 nitrogen and oxygen atoms in total. The summed E-state index contributed by atoms with van der Waals surface area (Å²) in [7, 11) is 0. The van der Waals surface area contributed by atoms with E-state index < -0.39 is 0 Å². The maximum Gasteiger partial charge on any atom is 0.263 e. The van der Waals surface area contributed by atoms with Crippen molar-refractivity contribution in [1.29, 1.82) is 0 Å². The summed E-state index contributed by atoms with van der Waals surface area (Å²) >= 11 is 1.36. The number of thiazole rings is 1. The van der Waals surface area contributed by atoms with E-state index in [4.69, 9.17) is 11.7 Å². The lowest BCUT2D eigenvalue weighted by molar-refractivity contribution is 0.0954. The van der Waals surface area contributed by atoms with Crippen molar-refractivity contribution in [3.8, 4) is 5.69 Å². The fraction of sp³-hybridized carbons (Fsp3) is 0.231. The summed E-state index contributed by atoms with van der Waals surface area (Å²) in [6.45, 7) is 15.6. The molecule has 0 radical (unpaired) electrons. The first kappa shape index (κ1) is 22.4. The SMILES string of the molecule is [C-]#[N+]c1ccc(-n2nc(C)c(Cc3ccc(CNC(=O)c4scnc4C)cc3)c2C)cc1C. The molecule has 0 unspecified atom stereocenters. The number of hydrogen-bond acceptors (Lipinski definition) is 4. The van der Waals surface area contributed by atoms with Crippen molar-refractivity contribution in [3.05, 3.63) is 104 Å². The monoisotopic (exact) mass is 455 g/mol. The Kier molecular flexibility index (Phi) is 6.38. The predicted octanol–water partition coefficient (Wildman–Crippen LogP) is 5.63. The summed E-state index contributed by atoms with van der Waals surface area (Å²) in [5.41, 5.74) is 10.6. The number of carbonyl (C=O) groups excluding carboxylic acids is 1. The van der Waals surface area contributed by atoms with Gasteiger partial charge in [0.05, 0.1) is 29.2 Å². The zero-order chi connectivity index (χ0) is 23.5. The molecular formula is C26H25N5OS. The molecule has 0 aliphatic carbocycles. The van der Waals surface area contributed by atoms with Gasteiger partial charge in [-0.3, -0.25) is 4.79 Å². The maximum absolute atomic E-state index is 12.3. The molecule has 0 saturated carbocycles. The number of amides is 1. The van der Waals surface area contributed by atoms with Crippen LogP contribution in [0.1, 0.15) is 49.0 Å². The molecule has 0 fully saturated rings. The minimum atomic E-state index is -0.0857. The summed E-state index contributed by atoms with van der Waals surface area (Å²) in [6.07, 6.45) is 0.781. The molecule has 0 bridgehead atoms. The van der Waals surface area contributed by atoms with Crippen LogP contribution in [-0.2, 0) is 13.0 Å². The fourth-order valence-corrected chi connectivity index (χ4v) is 4.56. The summed E-state index contributed by atoms with van der Waals surface area (Å²) < 4.78 is 1.96. The molecule has 2 aromatic carbocycles. The summed E-state index contributed by atoms with van der Waals surface area (Å²) in [4.78, 5) is 20.6. The average molecular weight is 456 g/mol. The molecule has 2 heterocycles. The van der Waals surface area contributed by atoms with Gasteiger partial charge in [0.1, 0.15) is 4.88 Å². The second-order valence-corrected chi connectivity index (χ2v) is 8.94. The quantitative estimate of drug-likeness (QED) is 0.383. The Morgan fingerprint density at radius 2 is 1.79 bits per heavy atom. The second-order valence-electron chi connectivity index (χ2n) is 8.09. The Morgan fingerprint density at radius 1 is 1.06 bits per heavy atom. The van der Waals surface area contributed by atoms with Crippen LogP contribution in [-0.4, -0.2) is 20.7 Å². The second kappa shape index (κ2) is 9.39. The van der Waals surface area contributed by atoms with E-state index in [-0.39, 0.29) is 5.91 Å². The molecule has 1 amide bonds. The minimum absolute atomic E-state index is 0.0857. The molecule has 0 aliphatic rings. The van der Waals surface area contributed by atoms with Crippen molar-refractivity contribution in [2.24, 2.45) is 0 Å². The van der Waals surface area contributed by atoms with Crippen LogP contribution < -0.4 is 5.32 Å². The summed E-state index contributed by atoms with van der Waals surface area (Å²) in [5.74, 6) is -0.0857. The largest absolute Gasteiger partial charge is 0.347 e. The number of nitrogens with one attached hydrogen (secondary N) is 1. The van der Waals surface area contributed by atoms with Gasteiger partial charge in [-0.2, -0.15) is 5.10 Å². The third kappa shape index (κ3) is 4.71. The topological polar surface area (TPSA) is 64.2 Å². The Hall–Kier alpha value is -3.76. The highest BCUT2D eigenvalue weighted by molar-refractivity contribution is 7.11. The van der Waals surface area contributed by atoms with Gasteiger partial charge in [0.25, 0.3) is 5.91 Å². The van der Waals surface area contributed by atoms with Gasteiger partial charge in [-0.15, -0.1) is 11.3 Å². The Balaban J connectivity index is 1.46. The molecule has 4 aromatic rings. The van der Waals surface area contributed by atoms with Crippen molar-refractivity contribution >= 4 is 22.9 Å². The molecule has 0 atom stereocenters. The Labute approximate surface area is 197 Å². The molecule has 33 heavy (non-hydrogen) atoms. The van der Waals surface area contributed by atoms with Gasteiger partial charge in [0.15, 0.2) is 5.69 Å². The van der Waals surface area contributed by atoms with Crippen LogP contribution in [0.25, 0.3) is 10.5 Å². The fourth-order valence-electron chi connectivity index (χ4n) is 3.84. The van der Waals surface area contributed by atoms with Crippen LogP contribution >= 0.6 is 11.3 Å². The number of rotatable bonds is 6. The first-order valence-electron chi connectivity index (χ1n) is 10.7. The molecule has 7 heteroatoms. The van der Waals surface area contributed by atoms with E-state index in [0.29, 0.717) is 17.1 Å². The highest BCUT2D eigenvalue weighted by Gasteiger charge is 2.15.